The van der Waals surface area contributed by atoms with Crippen molar-refractivity contribution in [2.24, 2.45) is 0 Å². The molecule has 0 saturated heterocycles. The van der Waals surface area contributed by atoms with E-state index < -0.39 is 29.2 Å². The smallest absolute Gasteiger partial charge is 0.334 e. The first kappa shape index (κ1) is 15.6. The maximum absolute atomic E-state index is 13.3. The maximum Gasteiger partial charge on any atom is 0.334 e. The summed E-state index contributed by atoms with van der Waals surface area (Å²) in [7, 11) is 0. The number of hydrogen-bond acceptors (Lipinski definition) is 3. The first-order valence-corrected chi connectivity index (χ1v) is 6.36. The monoisotopic (exact) mass is 338 g/mol. The van der Waals surface area contributed by atoms with Crippen molar-refractivity contribution in [2.45, 2.75) is 6.92 Å². The Bertz CT molecular complexity index is 503. The molecule has 0 saturated carbocycles. The molecule has 0 aromatic heterocycles. The highest BCUT2D eigenvalue weighted by Gasteiger charge is 2.16. The summed E-state index contributed by atoms with van der Waals surface area (Å²) in [6.45, 7) is 1.79. The Morgan fingerprint density at radius 2 is 2.00 bits per heavy atom. The lowest BCUT2D eigenvalue weighted by Crippen LogP contribution is -2.06. The van der Waals surface area contributed by atoms with Gasteiger partial charge in [0.25, 0.3) is 0 Å². The van der Waals surface area contributed by atoms with Crippen LogP contribution in [-0.2, 0) is 9.53 Å². The van der Waals surface area contributed by atoms with Gasteiger partial charge in [-0.25, -0.2) is 13.6 Å². The van der Waals surface area contributed by atoms with Crippen LogP contribution in [0.4, 0.5) is 13.2 Å². The molecule has 0 aliphatic heterocycles. The van der Waals surface area contributed by atoms with Crippen LogP contribution in [0.3, 0.4) is 0 Å². The van der Waals surface area contributed by atoms with Gasteiger partial charge in [-0.15, -0.1) is 0 Å². The Kier molecular flexibility index (Phi) is 5.88. The quantitative estimate of drug-likeness (QED) is 0.271. The van der Waals surface area contributed by atoms with E-state index >= 15 is 0 Å². The molecule has 0 unspecified atom stereocenters. The van der Waals surface area contributed by atoms with Gasteiger partial charge in [-0.05, 0) is 19.1 Å². The molecule has 104 valence electrons. The number of halogens is 4. The number of rotatable bonds is 5. The maximum atomic E-state index is 13.3. The molecule has 0 heterocycles. The molecule has 0 bridgehead atoms. The number of ether oxygens (including phenoxy) is 2. The number of carbonyl (C=O) groups excluding carboxylic acids is 1. The van der Waals surface area contributed by atoms with Crippen LogP contribution in [0.1, 0.15) is 6.92 Å². The molecule has 0 atom stereocenters. The SMILES string of the molecule is CCOC(=O)C=C(CBr)Oc1ccc(F)c(F)c1F. The van der Waals surface area contributed by atoms with Gasteiger partial charge in [0.1, 0.15) is 5.76 Å². The molecule has 0 N–H and O–H groups in total. The third kappa shape index (κ3) is 4.27. The summed E-state index contributed by atoms with van der Waals surface area (Å²) in [5.74, 6) is -5.62. The van der Waals surface area contributed by atoms with Crippen molar-refractivity contribution in [2.75, 3.05) is 11.9 Å². The van der Waals surface area contributed by atoms with Crippen LogP contribution in [0.5, 0.6) is 5.75 Å². The van der Waals surface area contributed by atoms with Gasteiger partial charge in [0.2, 0.25) is 5.82 Å². The van der Waals surface area contributed by atoms with Gasteiger partial charge in [0.15, 0.2) is 17.4 Å². The van der Waals surface area contributed by atoms with E-state index in [0.29, 0.717) is 0 Å². The summed E-state index contributed by atoms with van der Waals surface area (Å²) in [5.41, 5.74) is 0. The highest BCUT2D eigenvalue weighted by Crippen LogP contribution is 2.24. The molecule has 3 nitrogen and oxygen atoms in total. The van der Waals surface area contributed by atoms with Gasteiger partial charge in [-0.2, -0.15) is 4.39 Å². The molecule has 0 aliphatic carbocycles. The fourth-order valence-electron chi connectivity index (χ4n) is 1.14. The zero-order valence-corrected chi connectivity index (χ0v) is 11.5. The molecule has 1 aromatic rings. The van der Waals surface area contributed by atoms with Crippen LogP contribution in [0.2, 0.25) is 0 Å². The molecular formula is C12H10BrF3O3. The molecule has 0 spiro atoms. The summed E-state index contributed by atoms with van der Waals surface area (Å²) in [6.07, 6.45) is 0.985. The van der Waals surface area contributed by atoms with Crippen LogP contribution in [0.25, 0.3) is 0 Å². The molecule has 0 aliphatic rings. The van der Waals surface area contributed by atoms with E-state index in [-0.39, 0.29) is 17.7 Å². The number of benzene rings is 1. The number of alkyl halides is 1. The predicted octanol–water partition coefficient (Wildman–Crippen LogP) is 3.32. The fourth-order valence-corrected chi connectivity index (χ4v) is 1.42. The van der Waals surface area contributed by atoms with Crippen LogP contribution in [-0.4, -0.2) is 17.9 Å². The summed E-state index contributed by atoms with van der Waals surface area (Å²) in [4.78, 5) is 11.2. The Hall–Kier alpha value is -1.50. The molecule has 0 amide bonds. The van der Waals surface area contributed by atoms with Crippen molar-refractivity contribution < 1.29 is 27.4 Å². The minimum Gasteiger partial charge on any atom is -0.463 e. The second-order valence-corrected chi connectivity index (χ2v) is 3.83. The van der Waals surface area contributed by atoms with E-state index in [9.17, 15) is 18.0 Å². The van der Waals surface area contributed by atoms with E-state index in [4.69, 9.17) is 4.74 Å². The van der Waals surface area contributed by atoms with E-state index in [2.05, 4.69) is 20.7 Å². The zero-order valence-electron chi connectivity index (χ0n) is 9.88. The van der Waals surface area contributed by atoms with Crippen molar-refractivity contribution in [1.82, 2.24) is 0 Å². The lowest BCUT2D eigenvalue weighted by molar-refractivity contribution is -0.137. The van der Waals surface area contributed by atoms with Crippen molar-refractivity contribution in [3.05, 3.63) is 41.4 Å². The lowest BCUT2D eigenvalue weighted by Gasteiger charge is -2.09. The molecular weight excluding hydrogens is 329 g/mol. The second-order valence-electron chi connectivity index (χ2n) is 3.27. The van der Waals surface area contributed by atoms with Crippen LogP contribution < -0.4 is 4.74 Å². The van der Waals surface area contributed by atoms with Crippen LogP contribution >= 0.6 is 15.9 Å². The third-order valence-corrected chi connectivity index (χ3v) is 2.49. The van der Waals surface area contributed by atoms with Gasteiger partial charge >= 0.3 is 5.97 Å². The van der Waals surface area contributed by atoms with Gasteiger partial charge in [-0.1, -0.05) is 15.9 Å². The molecule has 1 aromatic carbocycles. The second kappa shape index (κ2) is 7.18. The van der Waals surface area contributed by atoms with E-state index in [0.717, 1.165) is 18.2 Å². The number of hydrogen-bond donors (Lipinski definition) is 0. The minimum absolute atomic E-state index is 0.00311. The molecule has 0 fully saturated rings. The first-order valence-electron chi connectivity index (χ1n) is 5.24. The Morgan fingerprint density at radius 1 is 1.32 bits per heavy atom. The fraction of sp³-hybridized carbons (Fsp3) is 0.250. The predicted molar refractivity (Wildman–Crippen MR) is 65.5 cm³/mol. The Morgan fingerprint density at radius 3 is 2.58 bits per heavy atom. The highest BCUT2D eigenvalue weighted by molar-refractivity contribution is 9.09. The Labute approximate surface area is 116 Å². The summed E-state index contributed by atoms with van der Waals surface area (Å²) >= 11 is 3.02. The van der Waals surface area contributed by atoms with Crippen LogP contribution in [0.15, 0.2) is 24.0 Å². The van der Waals surface area contributed by atoms with Crippen molar-refractivity contribution in [3.8, 4) is 5.75 Å². The van der Waals surface area contributed by atoms with Gasteiger partial charge in [0, 0.05) is 0 Å². The highest BCUT2D eigenvalue weighted by atomic mass is 79.9. The largest absolute Gasteiger partial charge is 0.463 e. The number of carbonyl (C=O) groups is 1. The summed E-state index contributed by atoms with van der Waals surface area (Å²) < 4.78 is 48.7. The number of esters is 1. The standard InChI is InChI=1S/C12H10BrF3O3/c1-2-18-10(17)5-7(6-13)19-9-4-3-8(14)11(15)12(9)16/h3-5H,2,6H2,1H3. The van der Waals surface area contributed by atoms with Crippen molar-refractivity contribution in [3.63, 3.8) is 0 Å². The van der Waals surface area contributed by atoms with E-state index in [1.165, 1.54) is 0 Å². The average molecular weight is 339 g/mol. The topological polar surface area (TPSA) is 35.5 Å². The lowest BCUT2D eigenvalue weighted by atomic mass is 10.3. The van der Waals surface area contributed by atoms with Crippen molar-refractivity contribution >= 4 is 21.9 Å². The van der Waals surface area contributed by atoms with Gasteiger partial charge in [0.05, 0.1) is 18.0 Å². The van der Waals surface area contributed by atoms with Gasteiger partial charge in [-0.3, -0.25) is 0 Å². The third-order valence-electron chi connectivity index (χ3n) is 1.94. The van der Waals surface area contributed by atoms with Crippen LogP contribution in [0, 0.1) is 17.5 Å². The first-order chi connectivity index (χ1) is 8.99. The van der Waals surface area contributed by atoms with Gasteiger partial charge < -0.3 is 9.47 Å². The van der Waals surface area contributed by atoms with Crippen molar-refractivity contribution in [1.29, 1.82) is 0 Å². The minimum atomic E-state index is -1.64. The van der Waals surface area contributed by atoms with E-state index in [1.807, 2.05) is 0 Å². The molecule has 7 heteroatoms. The molecule has 19 heavy (non-hydrogen) atoms. The van der Waals surface area contributed by atoms with E-state index in [1.54, 1.807) is 6.92 Å². The summed E-state index contributed by atoms with van der Waals surface area (Å²) in [6, 6.07) is 1.65. The molecule has 0 radical (unpaired) electrons. The number of allylic oxidation sites excluding steroid dienone is 1. The molecule has 1 rings (SSSR count). The zero-order chi connectivity index (χ0) is 14.4. The Balaban J connectivity index is 2.93. The average Bonchev–Trinajstić information content (AvgIpc) is 2.38. The summed E-state index contributed by atoms with van der Waals surface area (Å²) in [5, 5.41) is 0.0737. The normalized spacial score (nSPS) is 11.3.